The zero-order valence-corrected chi connectivity index (χ0v) is 20.1. The Balaban J connectivity index is 1.42. The van der Waals surface area contributed by atoms with E-state index in [4.69, 9.17) is 9.97 Å². The fourth-order valence-electron chi connectivity index (χ4n) is 3.78. The van der Waals surface area contributed by atoms with Crippen LogP contribution in [0.25, 0.3) is 16.9 Å². The molecule has 2 N–H and O–H groups in total. The number of pyridine rings is 2. The minimum atomic E-state index is -3.93. The lowest BCUT2D eigenvalue weighted by Gasteiger charge is -2.10. The highest BCUT2D eigenvalue weighted by Gasteiger charge is 2.17. The number of rotatable bonds is 7. The zero-order valence-electron chi connectivity index (χ0n) is 19.2. The van der Waals surface area contributed by atoms with Crippen LogP contribution in [0.1, 0.15) is 29.6 Å². The molecule has 0 saturated carbocycles. The first-order valence-electron chi connectivity index (χ1n) is 10.9. The highest BCUT2D eigenvalue weighted by atomic mass is 32.2. The average Bonchev–Trinajstić information content (AvgIpc) is 3.18. The molecule has 10 heteroatoms. The van der Waals surface area contributed by atoms with Crippen molar-refractivity contribution in [3.05, 3.63) is 77.5 Å². The zero-order chi connectivity index (χ0) is 24.3. The van der Waals surface area contributed by atoms with Gasteiger partial charge in [-0.3, -0.25) is 9.55 Å². The number of carbonyl (C=O) groups excluding carboxylic acids is 1. The van der Waals surface area contributed by atoms with Gasteiger partial charge in [0, 0.05) is 36.7 Å². The van der Waals surface area contributed by atoms with Crippen molar-refractivity contribution in [3.8, 4) is 5.69 Å². The number of aromatic nitrogens is 4. The smallest absolute Gasteiger partial charge is 0.328 e. The summed E-state index contributed by atoms with van der Waals surface area (Å²) >= 11 is 0. The molecule has 4 aromatic rings. The molecule has 0 spiro atoms. The van der Waals surface area contributed by atoms with Gasteiger partial charge >= 0.3 is 6.03 Å². The van der Waals surface area contributed by atoms with Gasteiger partial charge in [0.25, 0.3) is 10.0 Å². The second-order valence-electron chi connectivity index (χ2n) is 7.93. The Hall–Kier alpha value is -3.79. The van der Waals surface area contributed by atoms with Crippen molar-refractivity contribution in [1.29, 1.82) is 0 Å². The summed E-state index contributed by atoms with van der Waals surface area (Å²) in [4.78, 5) is 25.3. The molecule has 34 heavy (non-hydrogen) atoms. The Labute approximate surface area is 198 Å². The predicted octanol–water partition coefficient (Wildman–Crippen LogP) is 3.23. The summed E-state index contributed by atoms with van der Waals surface area (Å²) in [6.07, 6.45) is 4.03. The maximum atomic E-state index is 12.2. The van der Waals surface area contributed by atoms with Crippen LogP contribution in [-0.4, -0.2) is 40.5 Å². The molecule has 0 atom stereocenters. The Morgan fingerprint density at radius 1 is 1.03 bits per heavy atom. The number of benzene rings is 1. The van der Waals surface area contributed by atoms with Crippen molar-refractivity contribution in [2.45, 2.75) is 38.5 Å². The van der Waals surface area contributed by atoms with E-state index in [0.717, 1.165) is 45.9 Å². The van der Waals surface area contributed by atoms with E-state index in [1.807, 2.05) is 48.9 Å². The van der Waals surface area contributed by atoms with Crippen molar-refractivity contribution in [1.82, 2.24) is 29.6 Å². The second-order valence-corrected chi connectivity index (χ2v) is 9.61. The van der Waals surface area contributed by atoms with E-state index in [0.29, 0.717) is 6.42 Å². The van der Waals surface area contributed by atoms with E-state index in [1.54, 1.807) is 0 Å². The first-order chi connectivity index (χ1) is 16.3. The van der Waals surface area contributed by atoms with Crippen LogP contribution >= 0.6 is 0 Å². The SMILES string of the molecule is CCc1nc2c(C)cc(C)nc2n1-c1ccc(CCNC(=O)NS(=O)(=O)c2ccncc2)cc1. The molecule has 0 aliphatic heterocycles. The summed E-state index contributed by atoms with van der Waals surface area (Å²) in [5.41, 5.74) is 5.77. The number of amides is 2. The number of aryl methyl sites for hydroxylation is 3. The molecule has 9 nitrogen and oxygen atoms in total. The Morgan fingerprint density at radius 2 is 1.74 bits per heavy atom. The van der Waals surface area contributed by atoms with Gasteiger partial charge in [0.05, 0.1) is 4.90 Å². The summed E-state index contributed by atoms with van der Waals surface area (Å²) in [5.74, 6) is 0.942. The number of fused-ring (bicyclic) bond motifs is 1. The molecule has 1 aromatic carbocycles. The third kappa shape index (κ3) is 4.91. The largest absolute Gasteiger partial charge is 0.337 e. The molecule has 3 heterocycles. The van der Waals surface area contributed by atoms with Crippen molar-refractivity contribution >= 4 is 27.2 Å². The van der Waals surface area contributed by atoms with Crippen molar-refractivity contribution in [2.24, 2.45) is 0 Å². The van der Waals surface area contributed by atoms with Crippen LogP contribution in [0.4, 0.5) is 4.79 Å². The monoisotopic (exact) mass is 478 g/mol. The number of hydrogen-bond acceptors (Lipinski definition) is 6. The lowest BCUT2D eigenvalue weighted by Crippen LogP contribution is -2.40. The van der Waals surface area contributed by atoms with Crippen LogP contribution in [0.15, 0.2) is 59.8 Å². The molecule has 3 aromatic heterocycles. The maximum absolute atomic E-state index is 12.2. The minimum Gasteiger partial charge on any atom is -0.337 e. The number of sulfonamides is 1. The first kappa shape index (κ1) is 23.4. The fourth-order valence-corrected chi connectivity index (χ4v) is 4.69. The predicted molar refractivity (Wildman–Crippen MR) is 129 cm³/mol. The normalized spacial score (nSPS) is 11.5. The summed E-state index contributed by atoms with van der Waals surface area (Å²) in [6, 6.07) is 11.9. The van der Waals surface area contributed by atoms with Crippen molar-refractivity contribution < 1.29 is 13.2 Å². The average molecular weight is 479 g/mol. The van der Waals surface area contributed by atoms with Gasteiger partial charge in [-0.2, -0.15) is 0 Å². The van der Waals surface area contributed by atoms with E-state index in [2.05, 4.69) is 21.8 Å². The number of imidazole rings is 1. The Kier molecular flexibility index (Phi) is 6.60. The molecule has 0 radical (unpaired) electrons. The molecular weight excluding hydrogens is 452 g/mol. The number of nitrogens with one attached hydrogen (secondary N) is 2. The van der Waals surface area contributed by atoms with Crippen LogP contribution in [-0.2, 0) is 22.9 Å². The molecule has 0 aliphatic carbocycles. The van der Waals surface area contributed by atoms with Crippen LogP contribution in [0.2, 0.25) is 0 Å². The molecule has 2 amide bonds. The molecule has 176 valence electrons. The molecule has 0 bridgehead atoms. The summed E-state index contributed by atoms with van der Waals surface area (Å²) in [7, 11) is -3.93. The highest BCUT2D eigenvalue weighted by Crippen LogP contribution is 2.24. The van der Waals surface area contributed by atoms with Crippen LogP contribution in [0.5, 0.6) is 0 Å². The molecule has 0 fully saturated rings. The molecule has 4 rings (SSSR count). The van der Waals surface area contributed by atoms with Crippen LogP contribution in [0.3, 0.4) is 0 Å². The summed E-state index contributed by atoms with van der Waals surface area (Å²) in [6.45, 7) is 6.37. The minimum absolute atomic E-state index is 0.0217. The van der Waals surface area contributed by atoms with Gasteiger partial charge in [-0.1, -0.05) is 19.1 Å². The second kappa shape index (κ2) is 9.60. The van der Waals surface area contributed by atoms with Crippen LogP contribution in [0, 0.1) is 13.8 Å². The number of urea groups is 1. The van der Waals surface area contributed by atoms with Gasteiger partial charge in [-0.25, -0.2) is 27.9 Å². The summed E-state index contributed by atoms with van der Waals surface area (Å²) < 4.78 is 28.5. The van der Waals surface area contributed by atoms with Gasteiger partial charge < -0.3 is 5.32 Å². The molecule has 0 saturated heterocycles. The van der Waals surface area contributed by atoms with Gasteiger partial charge in [-0.05, 0) is 61.7 Å². The van der Waals surface area contributed by atoms with Crippen molar-refractivity contribution in [2.75, 3.05) is 6.54 Å². The fraction of sp³-hybridized carbons (Fsp3) is 0.250. The lowest BCUT2D eigenvalue weighted by molar-refractivity contribution is 0.246. The summed E-state index contributed by atoms with van der Waals surface area (Å²) in [5, 5.41) is 2.58. The van der Waals surface area contributed by atoms with Gasteiger partial charge in [0.15, 0.2) is 5.65 Å². The molecular formula is C24H26N6O3S. The van der Waals surface area contributed by atoms with E-state index >= 15 is 0 Å². The maximum Gasteiger partial charge on any atom is 0.328 e. The van der Waals surface area contributed by atoms with Gasteiger partial charge in [0.2, 0.25) is 0 Å². The van der Waals surface area contributed by atoms with Gasteiger partial charge in [-0.15, -0.1) is 0 Å². The van der Waals surface area contributed by atoms with Crippen LogP contribution < -0.4 is 10.0 Å². The Bertz CT molecular complexity index is 1430. The quantitative estimate of drug-likeness (QED) is 0.421. The third-order valence-electron chi connectivity index (χ3n) is 5.40. The van der Waals surface area contributed by atoms with E-state index in [1.165, 1.54) is 24.5 Å². The molecule has 0 aliphatic rings. The van der Waals surface area contributed by atoms with Crippen molar-refractivity contribution in [3.63, 3.8) is 0 Å². The van der Waals surface area contributed by atoms with E-state index in [-0.39, 0.29) is 11.4 Å². The molecule has 0 unspecified atom stereocenters. The van der Waals surface area contributed by atoms with E-state index < -0.39 is 16.1 Å². The number of nitrogens with zero attached hydrogens (tertiary/aromatic N) is 4. The topological polar surface area (TPSA) is 119 Å². The first-order valence-corrected chi connectivity index (χ1v) is 12.4. The highest BCUT2D eigenvalue weighted by molar-refractivity contribution is 7.90. The Morgan fingerprint density at radius 3 is 2.41 bits per heavy atom. The van der Waals surface area contributed by atoms with E-state index in [9.17, 15) is 13.2 Å². The third-order valence-corrected chi connectivity index (χ3v) is 6.75. The standard InChI is InChI=1S/C24H26N6O3S/c1-4-21-28-22-16(2)15-17(3)27-23(22)30(21)19-7-5-18(6-8-19)9-14-26-24(31)29-34(32,33)20-10-12-25-13-11-20/h5-8,10-13,15H,4,9,14H2,1-3H3,(H2,26,29,31). The lowest BCUT2D eigenvalue weighted by atomic mass is 10.1. The number of hydrogen-bond donors (Lipinski definition) is 2. The number of carbonyl (C=O) groups is 1. The van der Waals surface area contributed by atoms with Gasteiger partial charge in [0.1, 0.15) is 11.3 Å².